The van der Waals surface area contributed by atoms with Gasteiger partial charge in [-0.05, 0) is 43.5 Å². The summed E-state index contributed by atoms with van der Waals surface area (Å²) < 4.78 is 5.08. The maximum absolute atomic E-state index is 12.0. The molecule has 0 aliphatic heterocycles. The summed E-state index contributed by atoms with van der Waals surface area (Å²) in [5.41, 5.74) is 1.31. The maximum Gasteiger partial charge on any atom is 0.341 e. The number of aliphatic carboxylic acids is 1. The third-order valence-corrected chi connectivity index (χ3v) is 4.18. The molecule has 4 N–H and O–H groups in total. The summed E-state index contributed by atoms with van der Waals surface area (Å²) in [5, 5.41) is 16.8. The minimum atomic E-state index is -1.06. The Morgan fingerprint density at radius 1 is 1.19 bits per heavy atom. The number of ether oxygens (including phenoxy) is 1. The van der Waals surface area contributed by atoms with Crippen molar-refractivity contribution in [3.8, 4) is 5.75 Å². The lowest BCUT2D eigenvalue weighted by Gasteiger charge is -2.22. The lowest BCUT2D eigenvalue weighted by atomic mass is 9.96. The van der Waals surface area contributed by atoms with Gasteiger partial charge in [0, 0.05) is 11.7 Å². The predicted octanol–water partition coefficient (Wildman–Crippen LogP) is 2.03. The van der Waals surface area contributed by atoms with E-state index < -0.39 is 12.6 Å². The van der Waals surface area contributed by atoms with Gasteiger partial charge in [-0.2, -0.15) is 0 Å². The average Bonchev–Trinajstić information content (AvgIpc) is 2.61. The van der Waals surface area contributed by atoms with Crippen LogP contribution in [0.5, 0.6) is 5.75 Å². The summed E-state index contributed by atoms with van der Waals surface area (Å²) in [7, 11) is 0. The smallest absolute Gasteiger partial charge is 0.341 e. The van der Waals surface area contributed by atoms with Crippen LogP contribution in [0.2, 0.25) is 0 Å². The molecule has 1 aromatic rings. The lowest BCUT2D eigenvalue weighted by molar-refractivity contribution is -0.139. The second kappa shape index (κ2) is 9.65. The zero-order chi connectivity index (χ0) is 18.9. The van der Waals surface area contributed by atoms with Crippen LogP contribution in [0, 0.1) is 6.92 Å². The van der Waals surface area contributed by atoms with Crippen LogP contribution < -0.4 is 20.7 Å². The number of nitrogens with one attached hydrogen (secondary N) is 3. The highest BCUT2D eigenvalue weighted by atomic mass is 16.5. The molecule has 0 aromatic heterocycles. The van der Waals surface area contributed by atoms with Gasteiger partial charge in [0.15, 0.2) is 6.61 Å². The molecule has 0 unspecified atom stereocenters. The first-order chi connectivity index (χ1) is 12.4. The van der Waals surface area contributed by atoms with Crippen LogP contribution in [0.15, 0.2) is 18.2 Å². The Kier molecular flexibility index (Phi) is 7.25. The summed E-state index contributed by atoms with van der Waals surface area (Å²) in [4.78, 5) is 34.3. The molecule has 1 saturated carbocycles. The molecular formula is C18H25N3O5. The molecule has 0 spiro atoms. The molecule has 0 bridgehead atoms. The Morgan fingerprint density at radius 3 is 2.58 bits per heavy atom. The van der Waals surface area contributed by atoms with Crippen molar-refractivity contribution in [2.24, 2.45) is 0 Å². The van der Waals surface area contributed by atoms with Crippen molar-refractivity contribution in [2.75, 3.05) is 18.5 Å². The number of benzene rings is 1. The third-order valence-electron chi connectivity index (χ3n) is 4.18. The number of rotatable bonds is 7. The fourth-order valence-corrected chi connectivity index (χ4v) is 2.85. The van der Waals surface area contributed by atoms with Gasteiger partial charge in [-0.3, -0.25) is 4.79 Å². The second-order valence-corrected chi connectivity index (χ2v) is 6.37. The number of aryl methyl sites for hydroxylation is 1. The molecule has 0 radical (unpaired) electrons. The van der Waals surface area contributed by atoms with E-state index >= 15 is 0 Å². The van der Waals surface area contributed by atoms with Crippen LogP contribution in [0.3, 0.4) is 0 Å². The van der Waals surface area contributed by atoms with Crippen LogP contribution in [0.4, 0.5) is 10.5 Å². The number of anilines is 1. The number of carboxylic acid groups (broad SMARTS) is 1. The van der Waals surface area contributed by atoms with Crippen LogP contribution in [-0.4, -0.2) is 42.2 Å². The Morgan fingerprint density at radius 2 is 1.92 bits per heavy atom. The Balaban J connectivity index is 1.76. The SMILES string of the molecule is Cc1cc(OCC(=O)O)ccc1NC(=O)CNC(=O)NC1CCCCC1. The van der Waals surface area contributed by atoms with E-state index in [-0.39, 0.29) is 24.5 Å². The van der Waals surface area contributed by atoms with E-state index in [9.17, 15) is 14.4 Å². The number of hydrogen-bond acceptors (Lipinski definition) is 4. The van der Waals surface area contributed by atoms with E-state index in [1.165, 1.54) is 6.42 Å². The van der Waals surface area contributed by atoms with Crippen molar-refractivity contribution in [2.45, 2.75) is 45.1 Å². The van der Waals surface area contributed by atoms with Crippen molar-refractivity contribution < 1.29 is 24.2 Å². The van der Waals surface area contributed by atoms with Crippen LogP contribution in [-0.2, 0) is 9.59 Å². The zero-order valence-corrected chi connectivity index (χ0v) is 14.8. The quantitative estimate of drug-likeness (QED) is 0.591. The number of carbonyl (C=O) groups is 3. The van der Waals surface area contributed by atoms with Gasteiger partial charge in [0.05, 0.1) is 6.54 Å². The van der Waals surface area contributed by atoms with Gasteiger partial charge in [0.1, 0.15) is 5.75 Å². The average molecular weight is 363 g/mol. The predicted molar refractivity (Wildman–Crippen MR) is 96.3 cm³/mol. The number of carboxylic acids is 1. The molecule has 8 nitrogen and oxygen atoms in total. The highest BCUT2D eigenvalue weighted by Gasteiger charge is 2.16. The minimum absolute atomic E-state index is 0.130. The monoisotopic (exact) mass is 363 g/mol. The van der Waals surface area contributed by atoms with Gasteiger partial charge < -0.3 is 25.8 Å². The molecule has 1 aromatic carbocycles. The van der Waals surface area contributed by atoms with Gasteiger partial charge in [-0.15, -0.1) is 0 Å². The largest absolute Gasteiger partial charge is 0.482 e. The normalized spacial score (nSPS) is 14.3. The Labute approximate surface area is 152 Å². The minimum Gasteiger partial charge on any atom is -0.482 e. The molecule has 3 amide bonds. The topological polar surface area (TPSA) is 117 Å². The van der Waals surface area contributed by atoms with Crippen molar-refractivity contribution in [1.82, 2.24) is 10.6 Å². The van der Waals surface area contributed by atoms with Crippen molar-refractivity contribution in [3.63, 3.8) is 0 Å². The van der Waals surface area contributed by atoms with Crippen LogP contribution in [0.1, 0.15) is 37.7 Å². The highest BCUT2D eigenvalue weighted by molar-refractivity contribution is 5.95. The molecular weight excluding hydrogens is 338 g/mol. The molecule has 1 fully saturated rings. The zero-order valence-electron chi connectivity index (χ0n) is 14.8. The number of carbonyl (C=O) groups excluding carboxylic acids is 2. The molecule has 2 rings (SSSR count). The van der Waals surface area contributed by atoms with Gasteiger partial charge in [0.2, 0.25) is 5.91 Å². The number of hydrogen-bond donors (Lipinski definition) is 4. The molecule has 1 aliphatic rings. The molecule has 0 heterocycles. The van der Waals surface area contributed by atoms with Crippen LogP contribution in [0.25, 0.3) is 0 Å². The first-order valence-electron chi connectivity index (χ1n) is 8.73. The van der Waals surface area contributed by atoms with E-state index in [0.29, 0.717) is 11.4 Å². The van der Waals surface area contributed by atoms with E-state index in [1.807, 2.05) is 0 Å². The Bertz CT molecular complexity index is 656. The summed E-state index contributed by atoms with van der Waals surface area (Å²) in [5.74, 6) is -0.989. The first kappa shape index (κ1) is 19.6. The summed E-state index contributed by atoms with van der Waals surface area (Å²) in [6.45, 7) is 1.22. The van der Waals surface area contributed by atoms with Crippen LogP contribution >= 0.6 is 0 Å². The maximum atomic E-state index is 12.0. The van der Waals surface area contributed by atoms with Crippen molar-refractivity contribution >= 4 is 23.6 Å². The fourth-order valence-electron chi connectivity index (χ4n) is 2.85. The number of urea groups is 1. The molecule has 0 saturated heterocycles. The molecule has 142 valence electrons. The summed E-state index contributed by atoms with van der Waals surface area (Å²) >= 11 is 0. The fraction of sp³-hybridized carbons (Fsp3) is 0.500. The van der Waals surface area contributed by atoms with E-state index in [2.05, 4.69) is 16.0 Å². The first-order valence-corrected chi connectivity index (χ1v) is 8.73. The summed E-state index contributed by atoms with van der Waals surface area (Å²) in [6.07, 6.45) is 5.42. The van der Waals surface area contributed by atoms with Gasteiger partial charge in [-0.25, -0.2) is 9.59 Å². The van der Waals surface area contributed by atoms with Crippen molar-refractivity contribution in [3.05, 3.63) is 23.8 Å². The third kappa shape index (κ3) is 6.62. The second-order valence-electron chi connectivity index (χ2n) is 6.37. The molecule has 8 heteroatoms. The standard InChI is InChI=1S/C18H25N3O5/c1-12-9-14(26-11-17(23)24)7-8-15(12)21-16(22)10-19-18(25)20-13-5-3-2-4-6-13/h7-9,13H,2-6,10-11H2,1H3,(H,21,22)(H,23,24)(H2,19,20,25). The van der Waals surface area contributed by atoms with Gasteiger partial charge in [-0.1, -0.05) is 19.3 Å². The van der Waals surface area contributed by atoms with Gasteiger partial charge in [0.25, 0.3) is 0 Å². The van der Waals surface area contributed by atoms with Gasteiger partial charge >= 0.3 is 12.0 Å². The molecule has 26 heavy (non-hydrogen) atoms. The number of amides is 3. The van der Waals surface area contributed by atoms with Crippen molar-refractivity contribution in [1.29, 1.82) is 0 Å². The molecule has 1 aliphatic carbocycles. The summed E-state index contributed by atoms with van der Waals surface area (Å²) in [6, 6.07) is 4.71. The Hall–Kier alpha value is -2.77. The van der Waals surface area contributed by atoms with E-state index in [4.69, 9.17) is 9.84 Å². The lowest BCUT2D eigenvalue weighted by Crippen LogP contribution is -2.45. The highest BCUT2D eigenvalue weighted by Crippen LogP contribution is 2.21. The van der Waals surface area contributed by atoms with E-state index in [0.717, 1.165) is 31.2 Å². The molecule has 0 atom stereocenters. The van der Waals surface area contributed by atoms with E-state index in [1.54, 1.807) is 25.1 Å².